The molecular weight excluding hydrogens is 390 g/mol. The summed E-state index contributed by atoms with van der Waals surface area (Å²) >= 11 is 0. The van der Waals surface area contributed by atoms with Gasteiger partial charge in [0, 0.05) is 17.2 Å². The molecule has 0 fully saturated rings. The summed E-state index contributed by atoms with van der Waals surface area (Å²) < 4.78 is 12.5. The highest BCUT2D eigenvalue weighted by Gasteiger charge is 2.11. The maximum Gasteiger partial charge on any atom is 0.277 e. The number of aromatic nitrogens is 1. The zero-order valence-corrected chi connectivity index (χ0v) is 17.0. The van der Waals surface area contributed by atoms with Crippen LogP contribution in [0.1, 0.15) is 21.5 Å². The molecule has 0 saturated carbocycles. The molecule has 0 atom stereocenters. The van der Waals surface area contributed by atoms with Crippen LogP contribution in [0.15, 0.2) is 78.2 Å². The van der Waals surface area contributed by atoms with Crippen LogP contribution in [0.2, 0.25) is 0 Å². The summed E-state index contributed by atoms with van der Waals surface area (Å²) in [5.41, 5.74) is 4.93. The molecule has 3 aromatic rings. The van der Waals surface area contributed by atoms with Crippen LogP contribution in [0.5, 0.6) is 11.5 Å². The number of rotatable bonds is 7. The Morgan fingerprint density at radius 2 is 1.86 bits per heavy atom. The van der Waals surface area contributed by atoms with Crippen LogP contribution in [0.4, 0.5) is 0 Å². The van der Waals surface area contributed by atoms with E-state index in [4.69, 9.17) is 9.47 Å². The van der Waals surface area contributed by atoms with E-state index in [1.807, 2.05) is 47.2 Å². The maximum atomic E-state index is 12.4. The molecule has 7 heteroatoms. The van der Waals surface area contributed by atoms with Gasteiger partial charge >= 0.3 is 0 Å². The number of hydrazone groups is 1. The van der Waals surface area contributed by atoms with Crippen molar-refractivity contribution in [1.29, 1.82) is 0 Å². The first-order chi connectivity index (χ1) is 13.7. The number of benzene rings is 2. The molecule has 0 radical (unpaired) electrons. The number of methoxy groups -OCH3 is 2. The van der Waals surface area contributed by atoms with E-state index in [1.54, 1.807) is 44.7 Å². The number of carbonyl (C=O) groups is 1. The lowest BCUT2D eigenvalue weighted by Gasteiger charge is -2.06. The quantitative estimate of drug-likeness (QED) is 0.333. The van der Waals surface area contributed by atoms with Gasteiger partial charge in [-0.25, -0.2) is 5.43 Å². The van der Waals surface area contributed by atoms with Crippen molar-refractivity contribution in [2.75, 3.05) is 14.2 Å². The fourth-order valence-corrected chi connectivity index (χ4v) is 2.71. The molecule has 1 N–H and O–H groups in total. The minimum Gasteiger partial charge on any atom is -1.00 e. The Bertz CT molecular complexity index is 978. The van der Waals surface area contributed by atoms with Crippen molar-refractivity contribution >= 4 is 12.1 Å². The Labute approximate surface area is 176 Å². The molecule has 150 valence electrons. The van der Waals surface area contributed by atoms with Crippen LogP contribution < -0.4 is 31.9 Å². The fourth-order valence-electron chi connectivity index (χ4n) is 2.71. The topological polar surface area (TPSA) is 63.8 Å². The standard InChI is InChI=1S/C22H21N3O3.ClH/c1-27-20-10-11-21(28-2)19(13-20)14-23-24-22(26)18-9-6-12-25(16-18)15-17-7-4-3-5-8-17;/h3-14,16H,15H2,1-2H3;1H. The molecule has 0 aliphatic carbocycles. The number of hydrogen-bond acceptors (Lipinski definition) is 4. The van der Waals surface area contributed by atoms with E-state index in [-0.39, 0.29) is 18.3 Å². The van der Waals surface area contributed by atoms with Crippen molar-refractivity contribution in [1.82, 2.24) is 5.43 Å². The van der Waals surface area contributed by atoms with Gasteiger partial charge in [-0.3, -0.25) is 4.79 Å². The first kappa shape index (κ1) is 21.9. The van der Waals surface area contributed by atoms with E-state index < -0.39 is 0 Å². The van der Waals surface area contributed by atoms with E-state index >= 15 is 0 Å². The highest BCUT2D eigenvalue weighted by Crippen LogP contribution is 2.22. The smallest absolute Gasteiger partial charge is 0.277 e. The van der Waals surface area contributed by atoms with Gasteiger partial charge in [0.2, 0.25) is 0 Å². The van der Waals surface area contributed by atoms with Crippen molar-refractivity contribution in [2.45, 2.75) is 6.54 Å². The molecule has 2 aromatic carbocycles. The summed E-state index contributed by atoms with van der Waals surface area (Å²) in [6.45, 7) is 0.687. The van der Waals surface area contributed by atoms with Gasteiger partial charge < -0.3 is 21.9 Å². The highest BCUT2D eigenvalue weighted by atomic mass is 35.5. The molecule has 0 aliphatic rings. The number of nitrogens with one attached hydrogen (secondary N) is 1. The van der Waals surface area contributed by atoms with E-state index in [9.17, 15) is 4.79 Å². The SMILES string of the molecule is COc1ccc(OC)c(C=NNC(=O)c2ccc[n+](Cc3ccccc3)c2)c1.[Cl-]. The Hall–Kier alpha value is -3.38. The van der Waals surface area contributed by atoms with Gasteiger partial charge in [0.05, 0.1) is 20.4 Å². The largest absolute Gasteiger partial charge is 1.00 e. The molecule has 6 nitrogen and oxygen atoms in total. The lowest BCUT2D eigenvalue weighted by molar-refractivity contribution is -0.688. The third-order valence-corrected chi connectivity index (χ3v) is 4.13. The third kappa shape index (κ3) is 6.05. The molecule has 0 spiro atoms. The van der Waals surface area contributed by atoms with E-state index in [0.29, 0.717) is 29.2 Å². The van der Waals surface area contributed by atoms with E-state index in [1.165, 1.54) is 6.21 Å². The predicted molar refractivity (Wildman–Crippen MR) is 107 cm³/mol. The molecule has 0 unspecified atom stereocenters. The third-order valence-electron chi connectivity index (χ3n) is 4.13. The van der Waals surface area contributed by atoms with Gasteiger partial charge in [0.25, 0.3) is 5.91 Å². The normalized spacial score (nSPS) is 10.3. The maximum absolute atomic E-state index is 12.4. The van der Waals surface area contributed by atoms with Gasteiger partial charge in [-0.2, -0.15) is 9.67 Å². The minimum atomic E-state index is -0.291. The first-order valence-corrected chi connectivity index (χ1v) is 8.78. The second-order valence-corrected chi connectivity index (χ2v) is 6.06. The lowest BCUT2D eigenvalue weighted by Crippen LogP contribution is -3.00. The van der Waals surface area contributed by atoms with E-state index in [0.717, 1.165) is 5.56 Å². The zero-order valence-electron chi connectivity index (χ0n) is 16.2. The minimum absolute atomic E-state index is 0. The summed E-state index contributed by atoms with van der Waals surface area (Å²) in [6.07, 6.45) is 5.25. The molecule has 3 rings (SSSR count). The van der Waals surface area contributed by atoms with Gasteiger partial charge in [-0.1, -0.05) is 30.3 Å². The molecule has 0 aliphatic heterocycles. The molecule has 0 saturated heterocycles. The summed E-state index contributed by atoms with van der Waals surface area (Å²) in [5, 5.41) is 4.05. The number of amides is 1. The van der Waals surface area contributed by atoms with Gasteiger partial charge in [0.15, 0.2) is 18.9 Å². The van der Waals surface area contributed by atoms with Crippen molar-refractivity contribution in [3.63, 3.8) is 0 Å². The number of hydrogen-bond donors (Lipinski definition) is 1. The van der Waals surface area contributed by atoms with Crippen LogP contribution in [0, 0.1) is 0 Å². The number of halogens is 1. The van der Waals surface area contributed by atoms with Crippen LogP contribution in [0.3, 0.4) is 0 Å². The lowest BCUT2D eigenvalue weighted by atomic mass is 10.2. The second kappa shape index (κ2) is 10.8. The average Bonchev–Trinajstić information content (AvgIpc) is 2.74. The van der Waals surface area contributed by atoms with Crippen LogP contribution in [-0.2, 0) is 6.54 Å². The molecule has 1 heterocycles. The molecule has 29 heavy (non-hydrogen) atoms. The van der Waals surface area contributed by atoms with Crippen molar-refractivity contribution < 1.29 is 31.2 Å². The Morgan fingerprint density at radius 3 is 2.59 bits per heavy atom. The van der Waals surface area contributed by atoms with Crippen molar-refractivity contribution in [2.24, 2.45) is 5.10 Å². The summed E-state index contributed by atoms with van der Waals surface area (Å²) in [6, 6.07) is 19.0. The van der Waals surface area contributed by atoms with Crippen molar-refractivity contribution in [3.05, 3.63) is 89.7 Å². The monoisotopic (exact) mass is 411 g/mol. The first-order valence-electron chi connectivity index (χ1n) is 8.78. The highest BCUT2D eigenvalue weighted by molar-refractivity contribution is 5.94. The average molecular weight is 412 g/mol. The Balaban J connectivity index is 0.00000300. The molecule has 1 amide bonds. The Morgan fingerprint density at radius 1 is 1.07 bits per heavy atom. The fraction of sp³-hybridized carbons (Fsp3) is 0.136. The number of nitrogens with zero attached hydrogens (tertiary/aromatic N) is 2. The summed E-state index contributed by atoms with van der Waals surface area (Å²) in [5.74, 6) is 1.03. The van der Waals surface area contributed by atoms with Crippen LogP contribution in [0.25, 0.3) is 0 Å². The number of ether oxygens (including phenoxy) is 2. The zero-order chi connectivity index (χ0) is 19.8. The molecular formula is C22H22ClN3O3. The van der Waals surface area contributed by atoms with Crippen LogP contribution >= 0.6 is 0 Å². The predicted octanol–water partition coefficient (Wildman–Crippen LogP) is -0.192. The number of pyridine rings is 1. The second-order valence-electron chi connectivity index (χ2n) is 6.06. The summed E-state index contributed by atoms with van der Waals surface area (Å²) in [7, 11) is 3.16. The van der Waals surface area contributed by atoms with Gasteiger partial charge in [-0.05, 0) is 24.3 Å². The summed E-state index contributed by atoms with van der Waals surface area (Å²) in [4.78, 5) is 12.4. The Kier molecular flexibility index (Phi) is 8.18. The molecule has 0 bridgehead atoms. The van der Waals surface area contributed by atoms with Crippen molar-refractivity contribution in [3.8, 4) is 11.5 Å². The van der Waals surface area contributed by atoms with Gasteiger partial charge in [-0.15, -0.1) is 0 Å². The van der Waals surface area contributed by atoms with Crippen LogP contribution in [-0.4, -0.2) is 26.3 Å². The van der Waals surface area contributed by atoms with Gasteiger partial charge in [0.1, 0.15) is 17.1 Å². The number of carbonyl (C=O) groups excluding carboxylic acids is 1. The molecule has 1 aromatic heterocycles. The van der Waals surface area contributed by atoms with E-state index in [2.05, 4.69) is 10.5 Å².